The van der Waals surface area contributed by atoms with Crippen LogP contribution in [0.3, 0.4) is 0 Å². The molecular formula is C23H24N4O3. The predicted octanol–water partition coefficient (Wildman–Crippen LogP) is 3.32. The Morgan fingerprint density at radius 2 is 1.80 bits per heavy atom. The Balaban J connectivity index is 1.38. The van der Waals surface area contributed by atoms with Crippen molar-refractivity contribution in [3.63, 3.8) is 0 Å². The first-order valence-corrected chi connectivity index (χ1v) is 10.3. The summed E-state index contributed by atoms with van der Waals surface area (Å²) < 4.78 is 0. The Morgan fingerprint density at radius 1 is 1.07 bits per heavy atom. The Bertz CT molecular complexity index is 1040. The lowest BCUT2D eigenvalue weighted by Crippen LogP contribution is -2.37. The molecule has 2 aliphatic heterocycles. The number of amides is 3. The fourth-order valence-corrected chi connectivity index (χ4v) is 5.83. The van der Waals surface area contributed by atoms with Crippen LogP contribution < -0.4 is 4.90 Å². The first-order valence-electron chi connectivity index (χ1n) is 10.3. The van der Waals surface area contributed by atoms with E-state index >= 15 is 0 Å². The van der Waals surface area contributed by atoms with Gasteiger partial charge in [0.1, 0.15) is 12.0 Å². The van der Waals surface area contributed by atoms with Crippen LogP contribution in [-0.4, -0.2) is 45.2 Å². The van der Waals surface area contributed by atoms with Crippen molar-refractivity contribution in [3.05, 3.63) is 53.6 Å². The Labute approximate surface area is 175 Å². The second kappa shape index (κ2) is 6.20. The van der Waals surface area contributed by atoms with E-state index in [0.717, 1.165) is 30.7 Å². The highest BCUT2D eigenvalue weighted by Gasteiger charge is 2.51. The third-order valence-corrected chi connectivity index (χ3v) is 6.60. The van der Waals surface area contributed by atoms with Gasteiger partial charge in [0.05, 0.1) is 11.3 Å². The third-order valence-electron chi connectivity index (χ3n) is 6.60. The van der Waals surface area contributed by atoms with Crippen molar-refractivity contribution in [2.45, 2.75) is 46.1 Å². The molecule has 2 aromatic rings. The van der Waals surface area contributed by atoms with Gasteiger partial charge in [0.15, 0.2) is 0 Å². The van der Waals surface area contributed by atoms with Crippen molar-refractivity contribution < 1.29 is 14.4 Å². The summed E-state index contributed by atoms with van der Waals surface area (Å²) in [7, 11) is 0. The van der Waals surface area contributed by atoms with E-state index in [1.165, 1.54) is 12.5 Å². The first kappa shape index (κ1) is 18.9. The van der Waals surface area contributed by atoms with Crippen LogP contribution in [0.15, 0.2) is 36.8 Å². The monoisotopic (exact) mass is 404 g/mol. The van der Waals surface area contributed by atoms with Gasteiger partial charge in [-0.1, -0.05) is 20.8 Å². The molecule has 1 aromatic heterocycles. The van der Waals surface area contributed by atoms with E-state index in [-0.39, 0.29) is 34.0 Å². The third kappa shape index (κ3) is 2.83. The summed E-state index contributed by atoms with van der Waals surface area (Å²) in [4.78, 5) is 49.3. The normalized spacial score (nSPS) is 26.8. The second-order valence-electron chi connectivity index (χ2n) is 9.92. The molecule has 3 heterocycles. The van der Waals surface area contributed by atoms with Gasteiger partial charge >= 0.3 is 0 Å². The second-order valence-corrected chi connectivity index (χ2v) is 9.92. The number of imide groups is 1. The summed E-state index contributed by atoms with van der Waals surface area (Å²) in [5, 5.41) is 0. The van der Waals surface area contributed by atoms with Gasteiger partial charge in [0.25, 0.3) is 17.7 Å². The average Bonchev–Trinajstić information content (AvgIpc) is 3.10. The molecule has 154 valence electrons. The van der Waals surface area contributed by atoms with Crippen molar-refractivity contribution in [3.8, 4) is 0 Å². The number of rotatable bonds is 2. The number of aromatic nitrogens is 2. The number of nitrogens with zero attached hydrogens (tertiary/aromatic N) is 4. The zero-order chi connectivity index (χ0) is 21.3. The van der Waals surface area contributed by atoms with Crippen LogP contribution in [-0.2, 0) is 0 Å². The summed E-state index contributed by atoms with van der Waals surface area (Å²) in [6, 6.07) is 6.96. The lowest BCUT2D eigenvalue weighted by Gasteiger charge is -2.39. The van der Waals surface area contributed by atoms with Gasteiger partial charge < -0.3 is 4.90 Å². The molecule has 0 N–H and O–H groups in total. The number of anilines is 1. The molecule has 1 saturated carbocycles. The van der Waals surface area contributed by atoms with Crippen LogP contribution in [0.4, 0.5) is 5.69 Å². The van der Waals surface area contributed by atoms with Crippen LogP contribution >= 0.6 is 0 Å². The minimum Gasteiger partial charge on any atom is -0.335 e. The SMILES string of the molecule is CC1(C)CC2CC(C)(CN2C(=O)c2ccc(N3C(=O)c4cncnc4C3=O)cc2)C1. The Hall–Kier alpha value is -3.09. The van der Waals surface area contributed by atoms with E-state index < -0.39 is 11.8 Å². The molecule has 1 saturated heterocycles. The van der Waals surface area contributed by atoms with Gasteiger partial charge in [0, 0.05) is 24.3 Å². The molecule has 0 spiro atoms. The number of carbonyl (C=O) groups excluding carboxylic acids is 3. The minimum absolute atomic E-state index is 0.0150. The molecule has 7 nitrogen and oxygen atoms in total. The highest BCUT2D eigenvalue weighted by atomic mass is 16.2. The Kier molecular flexibility index (Phi) is 3.91. The van der Waals surface area contributed by atoms with Crippen molar-refractivity contribution >= 4 is 23.4 Å². The molecule has 1 aromatic carbocycles. The molecule has 2 bridgehead atoms. The van der Waals surface area contributed by atoms with Crippen molar-refractivity contribution in [1.29, 1.82) is 0 Å². The van der Waals surface area contributed by atoms with Gasteiger partial charge in [-0.05, 0) is 54.4 Å². The van der Waals surface area contributed by atoms with Crippen molar-refractivity contribution in [1.82, 2.24) is 14.9 Å². The summed E-state index contributed by atoms with van der Waals surface area (Å²) in [5.74, 6) is -0.903. The lowest BCUT2D eigenvalue weighted by molar-refractivity contribution is 0.0708. The average molecular weight is 404 g/mol. The highest BCUT2D eigenvalue weighted by molar-refractivity contribution is 6.33. The molecule has 1 aliphatic carbocycles. The van der Waals surface area contributed by atoms with E-state index in [2.05, 4.69) is 30.7 Å². The number of hydrogen-bond donors (Lipinski definition) is 0. The smallest absolute Gasteiger partial charge is 0.284 e. The summed E-state index contributed by atoms with van der Waals surface area (Å²) in [6.07, 6.45) is 5.80. The summed E-state index contributed by atoms with van der Waals surface area (Å²) >= 11 is 0. The number of carbonyl (C=O) groups is 3. The van der Waals surface area contributed by atoms with Gasteiger partial charge in [-0.15, -0.1) is 0 Å². The molecular weight excluding hydrogens is 380 g/mol. The number of fused-ring (bicyclic) bond motifs is 3. The fourth-order valence-electron chi connectivity index (χ4n) is 5.83. The number of benzene rings is 1. The zero-order valence-corrected chi connectivity index (χ0v) is 17.4. The van der Waals surface area contributed by atoms with Crippen LogP contribution in [0.2, 0.25) is 0 Å². The van der Waals surface area contributed by atoms with Gasteiger partial charge in [-0.3, -0.25) is 14.4 Å². The maximum absolute atomic E-state index is 13.2. The standard InChI is InChI=1S/C23H24N4O3/c1-22(2)8-16-9-23(3,11-22)12-26(16)19(28)14-4-6-15(7-5-14)27-20(29)17-10-24-13-25-18(17)21(27)30/h4-7,10,13,16H,8-9,11-12H2,1-3H3. The van der Waals surface area contributed by atoms with Gasteiger partial charge in [0.2, 0.25) is 0 Å². The molecule has 2 unspecified atom stereocenters. The van der Waals surface area contributed by atoms with Gasteiger partial charge in [-0.25, -0.2) is 14.9 Å². The maximum atomic E-state index is 13.2. The molecule has 7 heteroatoms. The number of hydrogen-bond acceptors (Lipinski definition) is 5. The number of likely N-dealkylation sites (tertiary alicyclic amines) is 1. The van der Waals surface area contributed by atoms with E-state index in [1.54, 1.807) is 24.3 Å². The quantitative estimate of drug-likeness (QED) is 0.717. The van der Waals surface area contributed by atoms with E-state index in [0.29, 0.717) is 11.3 Å². The summed E-state index contributed by atoms with van der Waals surface area (Å²) in [5.41, 5.74) is 1.71. The first-order chi connectivity index (χ1) is 14.2. The molecule has 0 radical (unpaired) electrons. The lowest BCUT2D eigenvalue weighted by atomic mass is 9.65. The van der Waals surface area contributed by atoms with Crippen molar-refractivity contribution in [2.75, 3.05) is 11.4 Å². The largest absolute Gasteiger partial charge is 0.335 e. The van der Waals surface area contributed by atoms with E-state index in [1.807, 2.05) is 4.90 Å². The highest BCUT2D eigenvalue weighted by Crippen LogP contribution is 2.52. The molecule has 3 amide bonds. The van der Waals surface area contributed by atoms with Crippen LogP contribution in [0.5, 0.6) is 0 Å². The fraction of sp³-hybridized carbons (Fsp3) is 0.435. The minimum atomic E-state index is -0.472. The molecule has 3 aliphatic rings. The molecule has 30 heavy (non-hydrogen) atoms. The van der Waals surface area contributed by atoms with Gasteiger partial charge in [-0.2, -0.15) is 0 Å². The van der Waals surface area contributed by atoms with Crippen LogP contribution in [0, 0.1) is 10.8 Å². The zero-order valence-electron chi connectivity index (χ0n) is 17.4. The van der Waals surface area contributed by atoms with Crippen LogP contribution in [0.1, 0.15) is 71.2 Å². The van der Waals surface area contributed by atoms with Crippen LogP contribution in [0.25, 0.3) is 0 Å². The van der Waals surface area contributed by atoms with E-state index in [9.17, 15) is 14.4 Å². The molecule has 2 atom stereocenters. The van der Waals surface area contributed by atoms with Crippen molar-refractivity contribution in [2.24, 2.45) is 10.8 Å². The Morgan fingerprint density at radius 3 is 2.50 bits per heavy atom. The maximum Gasteiger partial charge on any atom is 0.284 e. The molecule has 2 fully saturated rings. The predicted molar refractivity (Wildman–Crippen MR) is 110 cm³/mol. The topological polar surface area (TPSA) is 83.5 Å². The van der Waals surface area contributed by atoms with E-state index in [4.69, 9.17) is 0 Å². The molecule has 5 rings (SSSR count). The summed E-state index contributed by atoms with van der Waals surface area (Å²) in [6.45, 7) is 7.63.